The summed E-state index contributed by atoms with van der Waals surface area (Å²) in [6, 6.07) is 14.9. The number of ether oxygens (including phenoxy) is 1. The number of carbonyl (C=O) groups is 2. The topological polar surface area (TPSA) is 49.9 Å². The molecular weight excluding hydrogens is 328 g/mol. The van der Waals surface area contributed by atoms with Gasteiger partial charge in [-0.1, -0.05) is 29.8 Å². The molecule has 0 aliphatic carbocycles. The Kier molecular flexibility index (Phi) is 5.56. The summed E-state index contributed by atoms with van der Waals surface area (Å²) in [6.07, 6.45) is 0.762. The zero-order valence-electron chi connectivity index (χ0n) is 15.3. The molecule has 0 saturated carbocycles. The maximum atomic E-state index is 13.0. The third kappa shape index (κ3) is 3.87. The van der Waals surface area contributed by atoms with Crippen LogP contribution < -0.4 is 4.74 Å². The van der Waals surface area contributed by atoms with E-state index in [4.69, 9.17) is 4.74 Å². The molecule has 1 saturated heterocycles. The molecule has 1 heterocycles. The maximum Gasteiger partial charge on any atom is 0.257 e. The zero-order chi connectivity index (χ0) is 18.5. The highest BCUT2D eigenvalue weighted by molar-refractivity contribution is 5.97. The number of aryl methyl sites for hydroxylation is 1. The smallest absolute Gasteiger partial charge is 0.257 e. The number of hydrogen-bond acceptors (Lipinski definition) is 3. The second-order valence-corrected chi connectivity index (χ2v) is 6.51. The largest absolute Gasteiger partial charge is 0.496 e. The monoisotopic (exact) mass is 352 g/mol. The van der Waals surface area contributed by atoms with Gasteiger partial charge in [0.1, 0.15) is 5.75 Å². The Morgan fingerprint density at radius 2 is 1.54 bits per heavy atom. The van der Waals surface area contributed by atoms with Crippen LogP contribution in [0.5, 0.6) is 5.75 Å². The molecule has 0 atom stereocenters. The second kappa shape index (κ2) is 8.04. The van der Waals surface area contributed by atoms with Crippen LogP contribution in [0, 0.1) is 6.92 Å². The van der Waals surface area contributed by atoms with E-state index in [0.717, 1.165) is 12.0 Å². The van der Waals surface area contributed by atoms with Gasteiger partial charge in [0.25, 0.3) is 11.8 Å². The Labute approximate surface area is 154 Å². The number of hydrogen-bond donors (Lipinski definition) is 0. The van der Waals surface area contributed by atoms with Gasteiger partial charge in [-0.05, 0) is 37.6 Å². The van der Waals surface area contributed by atoms with Gasteiger partial charge in [-0.25, -0.2) is 0 Å². The summed E-state index contributed by atoms with van der Waals surface area (Å²) in [5, 5.41) is 0. The van der Waals surface area contributed by atoms with Gasteiger partial charge in [-0.2, -0.15) is 0 Å². The fourth-order valence-electron chi connectivity index (χ4n) is 3.25. The number of benzene rings is 2. The molecule has 0 spiro atoms. The molecule has 5 nitrogen and oxygen atoms in total. The maximum absolute atomic E-state index is 13.0. The molecule has 1 fully saturated rings. The lowest BCUT2D eigenvalue weighted by atomic mass is 10.1. The van der Waals surface area contributed by atoms with Gasteiger partial charge in [-0.3, -0.25) is 9.59 Å². The van der Waals surface area contributed by atoms with Crippen LogP contribution in [0.4, 0.5) is 0 Å². The summed E-state index contributed by atoms with van der Waals surface area (Å²) in [5.74, 6) is 0.565. The van der Waals surface area contributed by atoms with Crippen LogP contribution in [-0.2, 0) is 0 Å². The van der Waals surface area contributed by atoms with E-state index in [2.05, 4.69) is 0 Å². The summed E-state index contributed by atoms with van der Waals surface area (Å²) in [6.45, 7) is 4.30. The highest BCUT2D eigenvalue weighted by Crippen LogP contribution is 2.22. The van der Waals surface area contributed by atoms with Gasteiger partial charge in [0.2, 0.25) is 0 Å². The molecule has 0 unspecified atom stereocenters. The first kappa shape index (κ1) is 18.0. The molecule has 2 amide bonds. The second-order valence-electron chi connectivity index (χ2n) is 6.51. The van der Waals surface area contributed by atoms with Gasteiger partial charge in [-0.15, -0.1) is 0 Å². The van der Waals surface area contributed by atoms with E-state index < -0.39 is 0 Å². The van der Waals surface area contributed by atoms with E-state index in [1.807, 2.05) is 65.3 Å². The number of methoxy groups -OCH3 is 1. The third-order valence-corrected chi connectivity index (χ3v) is 4.68. The molecule has 2 aromatic rings. The third-order valence-electron chi connectivity index (χ3n) is 4.68. The SMILES string of the molecule is COc1ccc(C)cc1C(=O)N1CCCN(C(=O)c2ccccc2)CC1. The number of amides is 2. The molecule has 0 radical (unpaired) electrons. The summed E-state index contributed by atoms with van der Waals surface area (Å²) >= 11 is 0. The zero-order valence-corrected chi connectivity index (χ0v) is 15.3. The normalized spacial score (nSPS) is 14.7. The first-order valence-corrected chi connectivity index (χ1v) is 8.88. The quantitative estimate of drug-likeness (QED) is 0.853. The Morgan fingerprint density at radius 3 is 2.19 bits per heavy atom. The number of rotatable bonds is 3. The summed E-state index contributed by atoms with van der Waals surface area (Å²) in [4.78, 5) is 29.3. The van der Waals surface area contributed by atoms with Crippen molar-refractivity contribution >= 4 is 11.8 Å². The van der Waals surface area contributed by atoms with Crippen LogP contribution in [0.25, 0.3) is 0 Å². The molecule has 0 bridgehead atoms. The molecule has 136 valence electrons. The van der Waals surface area contributed by atoms with Crippen molar-refractivity contribution in [1.29, 1.82) is 0 Å². The van der Waals surface area contributed by atoms with E-state index in [1.165, 1.54) is 0 Å². The van der Waals surface area contributed by atoms with Crippen molar-refractivity contribution < 1.29 is 14.3 Å². The lowest BCUT2D eigenvalue weighted by molar-refractivity contribution is 0.0717. The minimum Gasteiger partial charge on any atom is -0.496 e. The first-order valence-electron chi connectivity index (χ1n) is 8.88. The summed E-state index contributed by atoms with van der Waals surface area (Å²) < 4.78 is 5.35. The van der Waals surface area contributed by atoms with Gasteiger partial charge < -0.3 is 14.5 Å². The van der Waals surface area contributed by atoms with E-state index >= 15 is 0 Å². The minimum atomic E-state index is -0.0421. The predicted molar refractivity (Wildman–Crippen MR) is 101 cm³/mol. The van der Waals surface area contributed by atoms with Crippen LogP contribution in [-0.4, -0.2) is 54.9 Å². The van der Waals surface area contributed by atoms with Crippen molar-refractivity contribution in [2.45, 2.75) is 13.3 Å². The van der Waals surface area contributed by atoms with Gasteiger partial charge in [0.05, 0.1) is 12.7 Å². The highest BCUT2D eigenvalue weighted by atomic mass is 16.5. The van der Waals surface area contributed by atoms with E-state index in [0.29, 0.717) is 43.1 Å². The molecule has 1 aliphatic rings. The van der Waals surface area contributed by atoms with E-state index in [-0.39, 0.29) is 11.8 Å². The molecule has 0 N–H and O–H groups in total. The van der Waals surface area contributed by atoms with Crippen LogP contribution in [0.2, 0.25) is 0 Å². The Morgan fingerprint density at radius 1 is 0.885 bits per heavy atom. The fourth-order valence-corrected chi connectivity index (χ4v) is 3.25. The van der Waals surface area contributed by atoms with Gasteiger partial charge in [0, 0.05) is 31.7 Å². The van der Waals surface area contributed by atoms with Crippen molar-refractivity contribution in [3.05, 3.63) is 65.2 Å². The van der Waals surface area contributed by atoms with Crippen molar-refractivity contribution in [2.24, 2.45) is 0 Å². The number of carbonyl (C=O) groups excluding carboxylic acids is 2. The van der Waals surface area contributed by atoms with Crippen LogP contribution >= 0.6 is 0 Å². The average molecular weight is 352 g/mol. The molecule has 1 aliphatic heterocycles. The highest BCUT2D eigenvalue weighted by Gasteiger charge is 2.25. The number of nitrogens with zero attached hydrogens (tertiary/aromatic N) is 2. The lowest BCUT2D eigenvalue weighted by Crippen LogP contribution is -2.37. The summed E-state index contributed by atoms with van der Waals surface area (Å²) in [5.41, 5.74) is 2.29. The lowest BCUT2D eigenvalue weighted by Gasteiger charge is -2.23. The Hall–Kier alpha value is -2.82. The molecule has 0 aromatic heterocycles. The minimum absolute atomic E-state index is 0.0213. The van der Waals surface area contributed by atoms with Gasteiger partial charge in [0.15, 0.2) is 0 Å². The van der Waals surface area contributed by atoms with Crippen molar-refractivity contribution in [1.82, 2.24) is 9.80 Å². The predicted octanol–water partition coefficient (Wildman–Crippen LogP) is 2.99. The van der Waals surface area contributed by atoms with Gasteiger partial charge >= 0.3 is 0 Å². The fraction of sp³-hybridized carbons (Fsp3) is 0.333. The Bertz CT molecular complexity index is 789. The first-order chi connectivity index (χ1) is 12.6. The molecule has 2 aromatic carbocycles. The van der Waals surface area contributed by atoms with Crippen molar-refractivity contribution in [2.75, 3.05) is 33.3 Å². The van der Waals surface area contributed by atoms with Crippen molar-refractivity contribution in [3.63, 3.8) is 0 Å². The van der Waals surface area contributed by atoms with E-state index in [1.54, 1.807) is 7.11 Å². The Balaban J connectivity index is 1.72. The summed E-state index contributed by atoms with van der Waals surface area (Å²) in [7, 11) is 1.57. The van der Waals surface area contributed by atoms with E-state index in [9.17, 15) is 9.59 Å². The van der Waals surface area contributed by atoms with Crippen molar-refractivity contribution in [3.8, 4) is 5.75 Å². The standard InChI is InChI=1S/C21H24N2O3/c1-16-9-10-19(26-2)18(15-16)21(25)23-12-6-11-22(13-14-23)20(24)17-7-4-3-5-8-17/h3-5,7-10,15H,6,11-14H2,1-2H3. The molecular formula is C21H24N2O3. The molecule has 5 heteroatoms. The van der Waals surface area contributed by atoms with Crippen LogP contribution in [0.15, 0.2) is 48.5 Å². The van der Waals surface area contributed by atoms with Crippen LogP contribution in [0.3, 0.4) is 0 Å². The van der Waals surface area contributed by atoms with Crippen LogP contribution in [0.1, 0.15) is 32.7 Å². The average Bonchev–Trinajstić information content (AvgIpc) is 2.93. The molecule has 26 heavy (non-hydrogen) atoms. The molecule has 3 rings (SSSR count).